The van der Waals surface area contributed by atoms with Crippen LogP contribution in [-0.2, 0) is 13.1 Å². The molecule has 2 aliphatic rings. The molecule has 0 bridgehead atoms. The van der Waals surface area contributed by atoms with E-state index in [1.807, 2.05) is 0 Å². The normalized spacial score (nSPS) is 19.8. The topological polar surface area (TPSA) is 28.2 Å². The second-order valence-electron chi connectivity index (χ2n) is 7.44. The zero-order valence-electron chi connectivity index (χ0n) is 13.0. The van der Waals surface area contributed by atoms with Crippen molar-refractivity contribution in [1.82, 2.24) is 15.2 Å². The van der Waals surface area contributed by atoms with E-state index in [0.29, 0.717) is 0 Å². The fourth-order valence-corrected chi connectivity index (χ4v) is 3.19. The largest absolute Gasteiger partial charge is 0.306 e. The van der Waals surface area contributed by atoms with Crippen molar-refractivity contribution in [3.63, 3.8) is 0 Å². The third kappa shape index (κ3) is 4.54. The molecule has 2 fully saturated rings. The molecule has 1 aromatic rings. The summed E-state index contributed by atoms with van der Waals surface area (Å²) in [5.41, 5.74) is 1.44. The average Bonchev–Trinajstić information content (AvgIpc) is 3.25. The summed E-state index contributed by atoms with van der Waals surface area (Å²) in [4.78, 5) is 7.48. The lowest BCUT2D eigenvalue weighted by atomic mass is 10.1. The summed E-state index contributed by atoms with van der Waals surface area (Å²) in [6.07, 6.45) is 5.69. The van der Waals surface area contributed by atoms with Crippen molar-refractivity contribution in [2.45, 2.75) is 71.1 Å². The third-order valence-electron chi connectivity index (χ3n) is 3.99. The van der Waals surface area contributed by atoms with Gasteiger partial charge in [-0.1, -0.05) is 0 Å². The van der Waals surface area contributed by atoms with E-state index in [9.17, 15) is 0 Å². The van der Waals surface area contributed by atoms with Crippen LogP contribution in [-0.4, -0.2) is 28.0 Å². The molecule has 1 aromatic heterocycles. The molecule has 0 radical (unpaired) electrons. The fraction of sp³-hybridized carbons (Fsp3) is 0.812. The number of nitrogens with one attached hydrogen (secondary N) is 1. The third-order valence-corrected chi connectivity index (χ3v) is 4.88. The highest BCUT2D eigenvalue weighted by Gasteiger charge is 2.33. The summed E-state index contributed by atoms with van der Waals surface area (Å²) >= 11 is 1.80. The van der Waals surface area contributed by atoms with Gasteiger partial charge in [-0.05, 0) is 52.4 Å². The molecule has 2 saturated carbocycles. The molecule has 2 aliphatic carbocycles. The Labute approximate surface area is 126 Å². The molecule has 0 saturated heterocycles. The minimum absolute atomic E-state index is 0.165. The highest BCUT2D eigenvalue weighted by molar-refractivity contribution is 7.09. The van der Waals surface area contributed by atoms with Gasteiger partial charge in [-0.3, -0.25) is 4.90 Å². The van der Waals surface area contributed by atoms with Crippen LogP contribution in [0, 0.1) is 5.92 Å². The van der Waals surface area contributed by atoms with E-state index in [0.717, 1.165) is 25.0 Å². The van der Waals surface area contributed by atoms with Crippen LogP contribution >= 0.6 is 11.3 Å². The van der Waals surface area contributed by atoms with Gasteiger partial charge in [0, 0.05) is 36.6 Å². The Bertz CT molecular complexity index is 441. The standard InChI is InChI=1S/C16H27N3S/c1-16(2,3)17-8-15-18-13(11-20-15)10-19(14-6-7-14)9-12-4-5-12/h11-12,14,17H,4-10H2,1-3H3. The predicted octanol–water partition coefficient (Wildman–Crippen LogP) is 3.41. The van der Waals surface area contributed by atoms with E-state index in [-0.39, 0.29) is 5.54 Å². The Morgan fingerprint density at radius 3 is 2.65 bits per heavy atom. The maximum absolute atomic E-state index is 4.81. The molecule has 0 atom stereocenters. The number of nitrogens with zero attached hydrogens (tertiary/aromatic N) is 2. The lowest BCUT2D eigenvalue weighted by Crippen LogP contribution is -2.35. The van der Waals surface area contributed by atoms with E-state index >= 15 is 0 Å². The molecule has 4 heteroatoms. The average molecular weight is 293 g/mol. The summed E-state index contributed by atoms with van der Waals surface area (Å²) in [5.74, 6) is 0.983. The van der Waals surface area contributed by atoms with E-state index in [1.54, 1.807) is 11.3 Å². The first-order chi connectivity index (χ1) is 9.49. The molecule has 0 aromatic carbocycles. The molecule has 1 N–H and O–H groups in total. The van der Waals surface area contributed by atoms with Gasteiger partial charge in [-0.15, -0.1) is 11.3 Å². The van der Waals surface area contributed by atoms with Gasteiger partial charge in [0.1, 0.15) is 5.01 Å². The number of aromatic nitrogens is 1. The zero-order valence-corrected chi connectivity index (χ0v) is 13.8. The Morgan fingerprint density at radius 2 is 2.05 bits per heavy atom. The second kappa shape index (κ2) is 5.74. The summed E-state index contributed by atoms with van der Waals surface area (Å²) in [6, 6.07) is 0.855. The lowest BCUT2D eigenvalue weighted by molar-refractivity contribution is 0.241. The molecule has 0 amide bonds. The summed E-state index contributed by atoms with van der Waals surface area (Å²) < 4.78 is 0. The van der Waals surface area contributed by atoms with Gasteiger partial charge in [-0.2, -0.15) is 0 Å². The smallest absolute Gasteiger partial charge is 0.107 e. The Kier molecular flexibility index (Phi) is 4.16. The Morgan fingerprint density at radius 1 is 1.30 bits per heavy atom. The van der Waals surface area contributed by atoms with Crippen molar-refractivity contribution in [3.8, 4) is 0 Å². The Hall–Kier alpha value is -0.450. The van der Waals surface area contributed by atoms with Crippen LogP contribution in [0.4, 0.5) is 0 Å². The lowest BCUT2D eigenvalue weighted by Gasteiger charge is -2.20. The van der Waals surface area contributed by atoms with Crippen LogP contribution in [0.1, 0.15) is 57.2 Å². The molecule has 3 nitrogen and oxygen atoms in total. The van der Waals surface area contributed by atoms with Gasteiger partial charge in [0.15, 0.2) is 0 Å². The maximum Gasteiger partial charge on any atom is 0.107 e. The first-order valence-corrected chi connectivity index (χ1v) is 8.80. The van der Waals surface area contributed by atoms with Crippen molar-refractivity contribution in [2.75, 3.05) is 6.54 Å². The van der Waals surface area contributed by atoms with E-state index in [4.69, 9.17) is 4.98 Å². The van der Waals surface area contributed by atoms with Crippen LogP contribution in [0.15, 0.2) is 5.38 Å². The molecule has 0 aliphatic heterocycles. The number of thiazole rings is 1. The number of hydrogen-bond donors (Lipinski definition) is 1. The van der Waals surface area contributed by atoms with Gasteiger partial charge in [0.2, 0.25) is 0 Å². The number of rotatable bonds is 7. The summed E-state index contributed by atoms with van der Waals surface area (Å²) in [5, 5.41) is 6.99. The molecule has 0 unspecified atom stereocenters. The van der Waals surface area contributed by atoms with Gasteiger partial charge >= 0.3 is 0 Å². The molecular weight excluding hydrogens is 266 g/mol. The van der Waals surface area contributed by atoms with E-state index in [1.165, 1.54) is 42.9 Å². The molecule has 3 rings (SSSR count). The SMILES string of the molecule is CC(C)(C)NCc1nc(CN(CC2CC2)C2CC2)cs1. The van der Waals surface area contributed by atoms with Gasteiger partial charge < -0.3 is 5.32 Å². The molecule has 112 valence electrons. The molecular formula is C16H27N3S. The fourth-order valence-electron chi connectivity index (χ4n) is 2.47. The monoisotopic (exact) mass is 293 g/mol. The second-order valence-corrected chi connectivity index (χ2v) is 8.38. The van der Waals surface area contributed by atoms with Crippen molar-refractivity contribution in [2.24, 2.45) is 5.92 Å². The highest BCUT2D eigenvalue weighted by Crippen LogP contribution is 2.35. The molecule has 0 spiro atoms. The quantitative estimate of drug-likeness (QED) is 0.835. The van der Waals surface area contributed by atoms with Gasteiger partial charge in [0.25, 0.3) is 0 Å². The van der Waals surface area contributed by atoms with Crippen LogP contribution in [0.25, 0.3) is 0 Å². The van der Waals surface area contributed by atoms with E-state index < -0.39 is 0 Å². The molecule has 1 heterocycles. The molecule has 20 heavy (non-hydrogen) atoms. The maximum atomic E-state index is 4.81. The van der Waals surface area contributed by atoms with Gasteiger partial charge in [0.05, 0.1) is 5.69 Å². The van der Waals surface area contributed by atoms with Crippen molar-refractivity contribution in [3.05, 3.63) is 16.1 Å². The minimum Gasteiger partial charge on any atom is -0.306 e. The zero-order chi connectivity index (χ0) is 14.2. The van der Waals surface area contributed by atoms with Crippen molar-refractivity contribution >= 4 is 11.3 Å². The van der Waals surface area contributed by atoms with Crippen LogP contribution in [0.3, 0.4) is 0 Å². The highest BCUT2D eigenvalue weighted by atomic mass is 32.1. The first kappa shape index (κ1) is 14.5. The first-order valence-electron chi connectivity index (χ1n) is 7.92. The van der Waals surface area contributed by atoms with Crippen LogP contribution in [0.5, 0.6) is 0 Å². The minimum atomic E-state index is 0.165. The van der Waals surface area contributed by atoms with E-state index in [2.05, 4.69) is 36.4 Å². The van der Waals surface area contributed by atoms with Crippen molar-refractivity contribution < 1.29 is 0 Å². The summed E-state index contributed by atoms with van der Waals surface area (Å²) in [7, 11) is 0. The van der Waals surface area contributed by atoms with Gasteiger partial charge in [-0.25, -0.2) is 4.98 Å². The van der Waals surface area contributed by atoms with Crippen molar-refractivity contribution in [1.29, 1.82) is 0 Å². The number of hydrogen-bond acceptors (Lipinski definition) is 4. The van der Waals surface area contributed by atoms with Crippen LogP contribution < -0.4 is 5.32 Å². The van der Waals surface area contributed by atoms with Crippen LogP contribution in [0.2, 0.25) is 0 Å². The summed E-state index contributed by atoms with van der Waals surface area (Å²) in [6.45, 7) is 9.86. The predicted molar refractivity (Wildman–Crippen MR) is 84.9 cm³/mol. The Balaban J connectivity index is 1.52.